The first-order chi connectivity index (χ1) is 10.6. The second kappa shape index (κ2) is 6.26. The molecule has 3 rings (SSSR count). The first kappa shape index (κ1) is 15.3. The van der Waals surface area contributed by atoms with Crippen molar-refractivity contribution < 1.29 is 14.6 Å². The van der Waals surface area contributed by atoms with Gasteiger partial charge in [0.15, 0.2) is 0 Å². The highest BCUT2D eigenvalue weighted by molar-refractivity contribution is 5.73. The zero-order chi connectivity index (χ0) is 15.7. The number of nitrogens with zero attached hydrogens (tertiary/aromatic N) is 2. The Balaban J connectivity index is 1.83. The predicted molar refractivity (Wildman–Crippen MR) is 83.9 cm³/mol. The lowest BCUT2D eigenvalue weighted by atomic mass is 9.93. The summed E-state index contributed by atoms with van der Waals surface area (Å²) in [6.07, 6.45) is 0.442. The molecule has 1 saturated heterocycles. The van der Waals surface area contributed by atoms with Gasteiger partial charge in [0.2, 0.25) is 5.91 Å². The van der Waals surface area contributed by atoms with Gasteiger partial charge in [0, 0.05) is 38.7 Å². The zero-order valence-corrected chi connectivity index (χ0v) is 13.3. The van der Waals surface area contributed by atoms with Crippen molar-refractivity contribution in [3.05, 3.63) is 29.3 Å². The second-order valence-electron chi connectivity index (χ2n) is 6.09. The van der Waals surface area contributed by atoms with E-state index in [4.69, 9.17) is 4.74 Å². The van der Waals surface area contributed by atoms with Crippen LogP contribution in [-0.4, -0.2) is 59.7 Å². The van der Waals surface area contributed by atoms with Crippen molar-refractivity contribution in [1.82, 2.24) is 9.80 Å². The van der Waals surface area contributed by atoms with Gasteiger partial charge in [0.25, 0.3) is 0 Å². The van der Waals surface area contributed by atoms with Crippen LogP contribution >= 0.6 is 0 Å². The largest absolute Gasteiger partial charge is 0.490 e. The highest BCUT2D eigenvalue weighted by Crippen LogP contribution is 2.37. The molecule has 1 aromatic carbocycles. The number of rotatable bonds is 2. The van der Waals surface area contributed by atoms with Crippen molar-refractivity contribution in [3.63, 3.8) is 0 Å². The van der Waals surface area contributed by atoms with Crippen molar-refractivity contribution in [1.29, 1.82) is 0 Å². The number of hydrogen-bond acceptors (Lipinski definition) is 4. The maximum Gasteiger partial charge on any atom is 0.219 e. The van der Waals surface area contributed by atoms with Crippen LogP contribution in [0.15, 0.2) is 18.2 Å². The van der Waals surface area contributed by atoms with Crippen LogP contribution in [0.1, 0.15) is 31.0 Å². The first-order valence-electron chi connectivity index (χ1n) is 8.03. The lowest BCUT2D eigenvalue weighted by Crippen LogP contribution is -2.52. The molecule has 5 nitrogen and oxygen atoms in total. The van der Waals surface area contributed by atoms with Gasteiger partial charge in [-0.2, -0.15) is 0 Å². The minimum Gasteiger partial charge on any atom is -0.490 e. The summed E-state index contributed by atoms with van der Waals surface area (Å²) in [4.78, 5) is 15.6. The number of piperazine rings is 1. The van der Waals surface area contributed by atoms with Crippen LogP contribution in [0.25, 0.3) is 0 Å². The Hall–Kier alpha value is -1.59. The van der Waals surface area contributed by atoms with E-state index in [1.165, 1.54) is 5.56 Å². The van der Waals surface area contributed by atoms with E-state index in [-0.39, 0.29) is 11.9 Å². The molecule has 0 saturated carbocycles. The Labute approximate surface area is 131 Å². The third-order valence-corrected chi connectivity index (χ3v) is 4.73. The molecule has 1 N–H and O–H groups in total. The fourth-order valence-electron chi connectivity index (χ4n) is 3.41. The molecule has 22 heavy (non-hydrogen) atoms. The van der Waals surface area contributed by atoms with Crippen molar-refractivity contribution in [3.8, 4) is 5.75 Å². The average molecular weight is 304 g/mol. The molecule has 1 amide bonds. The minimum atomic E-state index is -0.525. The molecule has 2 atom stereocenters. The fourth-order valence-corrected chi connectivity index (χ4v) is 3.41. The minimum absolute atomic E-state index is 0.0376. The molecule has 2 unspecified atom stereocenters. The zero-order valence-electron chi connectivity index (χ0n) is 13.3. The number of aryl methyl sites for hydroxylation is 1. The predicted octanol–water partition coefficient (Wildman–Crippen LogP) is 1.21. The van der Waals surface area contributed by atoms with E-state index in [0.29, 0.717) is 6.61 Å². The van der Waals surface area contributed by atoms with Gasteiger partial charge in [-0.25, -0.2) is 0 Å². The van der Waals surface area contributed by atoms with Crippen molar-refractivity contribution >= 4 is 5.91 Å². The summed E-state index contributed by atoms with van der Waals surface area (Å²) in [7, 11) is 0. The first-order valence-corrected chi connectivity index (χ1v) is 8.03. The Bertz CT molecular complexity index is 553. The molecule has 0 aliphatic carbocycles. The topological polar surface area (TPSA) is 53.0 Å². The molecule has 2 heterocycles. The normalized spacial score (nSPS) is 25.5. The van der Waals surface area contributed by atoms with Crippen LogP contribution in [0.4, 0.5) is 0 Å². The second-order valence-corrected chi connectivity index (χ2v) is 6.09. The standard InChI is InChI=1S/C17H24N2O3/c1-3-13-4-5-16-14(10-13)17(15(21)11-22-16)19-8-6-18(7-9-19)12(2)20/h4-5,10,15,17,21H,3,6-9,11H2,1-2H3. The molecule has 120 valence electrons. The molecule has 5 heteroatoms. The summed E-state index contributed by atoms with van der Waals surface area (Å²) in [5.74, 6) is 1.00. The number of aliphatic hydroxyl groups excluding tert-OH is 1. The molecule has 0 radical (unpaired) electrons. The van der Waals surface area contributed by atoms with Gasteiger partial charge in [-0.15, -0.1) is 0 Å². The number of fused-ring (bicyclic) bond motifs is 1. The van der Waals surface area contributed by atoms with Gasteiger partial charge in [-0.3, -0.25) is 9.69 Å². The van der Waals surface area contributed by atoms with Crippen molar-refractivity contribution in [2.75, 3.05) is 32.8 Å². The molecule has 1 fully saturated rings. The van der Waals surface area contributed by atoms with Crippen LogP contribution in [0.5, 0.6) is 5.75 Å². The molecule has 2 aliphatic rings. The highest BCUT2D eigenvalue weighted by Gasteiger charge is 2.36. The number of carbonyl (C=O) groups is 1. The molecular formula is C17H24N2O3. The summed E-state index contributed by atoms with van der Waals surface area (Å²) in [5, 5.41) is 10.5. The molecule has 2 aliphatic heterocycles. The van der Waals surface area contributed by atoms with E-state index in [0.717, 1.165) is 43.9 Å². The summed E-state index contributed by atoms with van der Waals surface area (Å²) in [6, 6.07) is 6.21. The summed E-state index contributed by atoms with van der Waals surface area (Å²) in [6.45, 7) is 7.10. The van der Waals surface area contributed by atoms with Gasteiger partial charge in [-0.1, -0.05) is 19.1 Å². The lowest BCUT2D eigenvalue weighted by molar-refractivity contribution is -0.131. The van der Waals surface area contributed by atoms with Gasteiger partial charge in [0.1, 0.15) is 18.5 Å². The fraction of sp³-hybridized carbons (Fsp3) is 0.588. The van der Waals surface area contributed by atoms with E-state index in [1.807, 2.05) is 11.0 Å². The van der Waals surface area contributed by atoms with Gasteiger partial charge >= 0.3 is 0 Å². The molecular weight excluding hydrogens is 280 g/mol. The quantitative estimate of drug-likeness (QED) is 0.892. The molecule has 1 aromatic rings. The molecule has 0 spiro atoms. The number of carbonyl (C=O) groups excluding carboxylic acids is 1. The average Bonchev–Trinajstić information content (AvgIpc) is 2.54. The number of amides is 1. The SMILES string of the molecule is CCc1ccc2c(c1)C(N1CCN(C(C)=O)CC1)C(O)CO2. The van der Waals surface area contributed by atoms with Crippen molar-refractivity contribution in [2.24, 2.45) is 0 Å². The van der Waals surface area contributed by atoms with Gasteiger partial charge < -0.3 is 14.7 Å². The van der Waals surface area contributed by atoms with E-state index in [1.54, 1.807) is 6.92 Å². The maximum absolute atomic E-state index is 11.5. The van der Waals surface area contributed by atoms with Crippen molar-refractivity contribution in [2.45, 2.75) is 32.4 Å². The van der Waals surface area contributed by atoms with E-state index >= 15 is 0 Å². The Morgan fingerprint density at radius 1 is 1.32 bits per heavy atom. The van der Waals surface area contributed by atoms with E-state index in [9.17, 15) is 9.90 Å². The van der Waals surface area contributed by atoms with E-state index < -0.39 is 6.10 Å². The third-order valence-electron chi connectivity index (χ3n) is 4.73. The summed E-state index contributed by atoms with van der Waals surface area (Å²) < 4.78 is 5.67. The maximum atomic E-state index is 11.5. The lowest BCUT2D eigenvalue weighted by Gasteiger charge is -2.43. The number of hydrogen-bond donors (Lipinski definition) is 1. The Kier molecular flexibility index (Phi) is 4.36. The number of benzene rings is 1. The van der Waals surface area contributed by atoms with Crippen LogP contribution in [0.3, 0.4) is 0 Å². The molecule has 0 aromatic heterocycles. The third kappa shape index (κ3) is 2.83. The van der Waals surface area contributed by atoms with Gasteiger partial charge in [0.05, 0.1) is 6.04 Å². The Morgan fingerprint density at radius 2 is 2.05 bits per heavy atom. The number of ether oxygens (including phenoxy) is 1. The monoisotopic (exact) mass is 304 g/mol. The molecule has 0 bridgehead atoms. The smallest absolute Gasteiger partial charge is 0.219 e. The van der Waals surface area contributed by atoms with Gasteiger partial charge in [-0.05, 0) is 18.1 Å². The summed E-state index contributed by atoms with van der Waals surface area (Å²) in [5.41, 5.74) is 2.33. The van der Waals surface area contributed by atoms with Crippen LogP contribution in [0, 0.1) is 0 Å². The van der Waals surface area contributed by atoms with Crippen LogP contribution in [-0.2, 0) is 11.2 Å². The van der Waals surface area contributed by atoms with Crippen LogP contribution in [0.2, 0.25) is 0 Å². The van der Waals surface area contributed by atoms with E-state index in [2.05, 4.69) is 24.0 Å². The summed E-state index contributed by atoms with van der Waals surface area (Å²) >= 11 is 0. The van der Waals surface area contributed by atoms with Crippen LogP contribution < -0.4 is 4.74 Å². The highest BCUT2D eigenvalue weighted by atomic mass is 16.5. The Morgan fingerprint density at radius 3 is 2.68 bits per heavy atom. The number of aliphatic hydroxyl groups is 1.